The summed E-state index contributed by atoms with van der Waals surface area (Å²) in [4.78, 5) is 35.1. The van der Waals surface area contributed by atoms with Gasteiger partial charge >= 0.3 is 5.97 Å². The Kier molecular flexibility index (Phi) is 7.40. The highest BCUT2D eigenvalue weighted by atomic mass is 35.5. The number of aromatic amines is 1. The fourth-order valence-electron chi connectivity index (χ4n) is 3.23. The number of amides is 1. The molecule has 0 spiro atoms. The molecular weight excluding hydrogens is 434 g/mol. The van der Waals surface area contributed by atoms with Crippen molar-refractivity contribution in [1.29, 1.82) is 0 Å². The minimum absolute atomic E-state index is 0.00122. The van der Waals surface area contributed by atoms with Crippen LogP contribution in [-0.4, -0.2) is 50.2 Å². The number of halogens is 1. The molecule has 2 atom stereocenters. The number of carboxylic acids is 1. The Hall–Kier alpha value is -3.49. The molecule has 2 unspecified atom stereocenters. The summed E-state index contributed by atoms with van der Waals surface area (Å²) in [5.74, 6) is -2.22. The maximum absolute atomic E-state index is 12.6. The third kappa shape index (κ3) is 6.03. The van der Waals surface area contributed by atoms with Crippen molar-refractivity contribution in [3.63, 3.8) is 0 Å². The van der Waals surface area contributed by atoms with Crippen LogP contribution in [0, 0.1) is 0 Å². The number of aromatic nitrogens is 2. The molecule has 0 radical (unpaired) electrons. The van der Waals surface area contributed by atoms with Crippen LogP contribution in [0.1, 0.15) is 39.9 Å². The minimum Gasteiger partial charge on any atom is -0.479 e. The monoisotopic (exact) mass is 455 g/mol. The lowest BCUT2D eigenvalue weighted by molar-refractivity contribution is -0.147. The summed E-state index contributed by atoms with van der Waals surface area (Å²) in [7, 11) is 0. The number of hydrogen-bond donors (Lipinski definition) is 4. The van der Waals surface area contributed by atoms with Crippen LogP contribution in [0.25, 0.3) is 11.1 Å². The van der Waals surface area contributed by atoms with E-state index >= 15 is 0 Å². The van der Waals surface area contributed by atoms with Crippen LogP contribution in [0.5, 0.6) is 0 Å². The van der Waals surface area contributed by atoms with Gasteiger partial charge in [0.2, 0.25) is 0 Å². The highest BCUT2D eigenvalue weighted by Gasteiger charge is 2.23. The van der Waals surface area contributed by atoms with E-state index < -0.39 is 24.0 Å². The van der Waals surface area contributed by atoms with E-state index in [9.17, 15) is 19.5 Å². The van der Waals surface area contributed by atoms with Gasteiger partial charge in [0.25, 0.3) is 5.91 Å². The zero-order valence-electron chi connectivity index (χ0n) is 17.2. The Morgan fingerprint density at radius 3 is 2.41 bits per heavy atom. The topological polar surface area (TPSA) is 132 Å². The van der Waals surface area contributed by atoms with Crippen LogP contribution in [0.3, 0.4) is 0 Å². The van der Waals surface area contributed by atoms with Gasteiger partial charge in [0.1, 0.15) is 5.69 Å². The van der Waals surface area contributed by atoms with Gasteiger partial charge in [-0.1, -0.05) is 48.0 Å². The second-order valence-corrected chi connectivity index (χ2v) is 7.83. The number of nitrogens with zero attached hydrogens (tertiary/aromatic N) is 1. The lowest BCUT2D eigenvalue weighted by Gasteiger charge is -2.20. The van der Waals surface area contributed by atoms with Gasteiger partial charge in [-0.25, -0.2) is 4.79 Å². The van der Waals surface area contributed by atoms with Crippen LogP contribution in [0.15, 0.2) is 54.6 Å². The third-order valence-electron chi connectivity index (χ3n) is 4.91. The van der Waals surface area contributed by atoms with E-state index in [0.717, 1.165) is 16.7 Å². The van der Waals surface area contributed by atoms with Crippen molar-refractivity contribution >= 4 is 29.3 Å². The van der Waals surface area contributed by atoms with Crippen LogP contribution in [-0.2, 0) is 11.2 Å². The van der Waals surface area contributed by atoms with Crippen molar-refractivity contribution in [2.24, 2.45) is 0 Å². The number of nitrogens with one attached hydrogen (secondary N) is 2. The largest absolute Gasteiger partial charge is 0.479 e. The van der Waals surface area contributed by atoms with Crippen LogP contribution in [0.4, 0.5) is 0 Å². The van der Waals surface area contributed by atoms with Gasteiger partial charge in [-0.2, -0.15) is 5.10 Å². The Bertz CT molecular complexity index is 1130. The lowest BCUT2D eigenvalue weighted by atomic mass is 9.97. The summed E-state index contributed by atoms with van der Waals surface area (Å²) < 4.78 is 0. The molecule has 0 aliphatic rings. The molecule has 1 aromatic heterocycles. The van der Waals surface area contributed by atoms with Crippen molar-refractivity contribution in [1.82, 2.24) is 15.5 Å². The first-order valence-electron chi connectivity index (χ1n) is 9.86. The molecule has 2 aromatic carbocycles. The van der Waals surface area contributed by atoms with Crippen molar-refractivity contribution in [2.45, 2.75) is 31.9 Å². The molecule has 0 aliphatic carbocycles. The third-order valence-corrected chi connectivity index (χ3v) is 5.15. The maximum Gasteiger partial charge on any atom is 0.332 e. The second-order valence-electron chi connectivity index (χ2n) is 7.39. The first-order valence-corrected chi connectivity index (χ1v) is 10.2. The Labute approximate surface area is 189 Å². The summed E-state index contributed by atoms with van der Waals surface area (Å²) in [5.41, 5.74) is 2.94. The summed E-state index contributed by atoms with van der Waals surface area (Å²) in [6.07, 6.45) is -1.55. The average Bonchev–Trinajstić information content (AvgIpc) is 3.25. The molecule has 3 rings (SSSR count). The van der Waals surface area contributed by atoms with Gasteiger partial charge in [0, 0.05) is 24.4 Å². The number of Topliss-reactive ketones (excluding diaryl/α,β-unsaturated/α-hetero) is 1. The number of ketones is 1. The normalized spacial score (nSPS) is 12.7. The number of carboxylic acid groups (broad SMARTS) is 1. The molecule has 0 aliphatic heterocycles. The van der Waals surface area contributed by atoms with E-state index in [0.29, 0.717) is 5.02 Å². The van der Waals surface area contributed by atoms with Crippen molar-refractivity contribution in [3.05, 3.63) is 76.6 Å². The van der Waals surface area contributed by atoms with E-state index in [1.54, 1.807) is 6.07 Å². The van der Waals surface area contributed by atoms with Crippen molar-refractivity contribution in [3.8, 4) is 11.1 Å². The molecule has 9 heteroatoms. The summed E-state index contributed by atoms with van der Waals surface area (Å²) in [6, 6.07) is 15.6. The van der Waals surface area contributed by atoms with Gasteiger partial charge in [0.05, 0.1) is 0 Å². The smallest absolute Gasteiger partial charge is 0.332 e. The number of carbonyl (C=O) groups excluding carboxylic acids is 2. The Balaban J connectivity index is 1.75. The zero-order valence-corrected chi connectivity index (χ0v) is 18.0. The van der Waals surface area contributed by atoms with Gasteiger partial charge in [-0.05, 0) is 41.3 Å². The highest BCUT2D eigenvalue weighted by Crippen LogP contribution is 2.23. The molecule has 32 heavy (non-hydrogen) atoms. The molecule has 0 bridgehead atoms. The summed E-state index contributed by atoms with van der Waals surface area (Å²) in [6.45, 7) is 1.34. The quantitative estimate of drug-likeness (QED) is 0.366. The van der Waals surface area contributed by atoms with Crippen LogP contribution in [0.2, 0.25) is 5.02 Å². The lowest BCUT2D eigenvalue weighted by Crippen LogP contribution is -2.40. The molecule has 0 fully saturated rings. The molecule has 1 heterocycles. The molecule has 166 valence electrons. The predicted molar refractivity (Wildman–Crippen MR) is 119 cm³/mol. The Morgan fingerprint density at radius 2 is 1.81 bits per heavy atom. The van der Waals surface area contributed by atoms with E-state index in [1.165, 1.54) is 13.0 Å². The number of hydrogen-bond acceptors (Lipinski definition) is 5. The fraction of sp³-hybridized carbons (Fsp3) is 0.217. The minimum atomic E-state index is -1.64. The van der Waals surface area contributed by atoms with Gasteiger partial charge in [-0.3, -0.25) is 14.7 Å². The number of H-pyrrole nitrogens is 1. The SMILES string of the molecule is CC(=O)c1cc(C(=O)NC(Cc2ccc(-c3cccc(Cl)c3)cc2)CC(O)C(=O)O)n[nH]1. The average molecular weight is 456 g/mol. The molecular formula is C23H22ClN3O5. The number of carbonyl (C=O) groups is 3. The van der Waals surface area contributed by atoms with E-state index in [-0.39, 0.29) is 30.0 Å². The van der Waals surface area contributed by atoms with Crippen LogP contribution < -0.4 is 5.32 Å². The number of aliphatic carboxylic acids is 1. The standard InChI is InChI=1S/C23H22ClN3O5/c1-13(28)19-12-20(27-26-19)22(30)25-18(11-21(29)23(31)32)9-14-5-7-15(8-6-14)16-3-2-4-17(24)10-16/h2-8,10,12,18,21,29H,9,11H2,1H3,(H,25,30)(H,26,27)(H,31,32). The number of benzene rings is 2. The van der Waals surface area contributed by atoms with Crippen molar-refractivity contribution < 1.29 is 24.6 Å². The first kappa shape index (κ1) is 23.2. The predicted octanol–water partition coefficient (Wildman–Crippen LogP) is 3.11. The summed E-state index contributed by atoms with van der Waals surface area (Å²) >= 11 is 6.05. The van der Waals surface area contributed by atoms with Gasteiger partial charge in [0.15, 0.2) is 17.6 Å². The van der Waals surface area contributed by atoms with Crippen LogP contribution >= 0.6 is 11.6 Å². The molecule has 4 N–H and O–H groups in total. The fourth-order valence-corrected chi connectivity index (χ4v) is 3.42. The second kappa shape index (κ2) is 10.2. The molecule has 1 amide bonds. The number of rotatable bonds is 9. The molecule has 0 saturated heterocycles. The molecule has 0 saturated carbocycles. The van der Waals surface area contributed by atoms with E-state index in [4.69, 9.17) is 16.7 Å². The van der Waals surface area contributed by atoms with Gasteiger partial charge < -0.3 is 15.5 Å². The van der Waals surface area contributed by atoms with Gasteiger partial charge in [-0.15, -0.1) is 0 Å². The molecule has 3 aromatic rings. The van der Waals surface area contributed by atoms with E-state index in [1.807, 2.05) is 42.5 Å². The Morgan fingerprint density at radius 1 is 1.09 bits per heavy atom. The molecule has 8 nitrogen and oxygen atoms in total. The zero-order chi connectivity index (χ0) is 23.3. The first-order chi connectivity index (χ1) is 15.2. The number of aliphatic hydroxyl groups excluding tert-OH is 1. The van der Waals surface area contributed by atoms with E-state index in [2.05, 4.69) is 15.5 Å². The maximum atomic E-state index is 12.6. The van der Waals surface area contributed by atoms with Crippen molar-refractivity contribution in [2.75, 3.05) is 0 Å². The number of aliphatic hydroxyl groups is 1. The summed E-state index contributed by atoms with van der Waals surface area (Å²) in [5, 5.41) is 28.5. The highest BCUT2D eigenvalue weighted by molar-refractivity contribution is 6.30.